The fraction of sp³-hybridized carbons (Fsp3) is 0. The lowest BCUT2D eigenvalue weighted by atomic mass is 9.92. The zero-order valence-corrected chi connectivity index (χ0v) is 34.4. The Labute approximate surface area is 367 Å². The number of nitrogens with zero attached hydrogens (tertiary/aromatic N) is 5. The van der Waals surface area contributed by atoms with Gasteiger partial charge in [0.25, 0.3) is 0 Å². The van der Waals surface area contributed by atoms with Crippen LogP contribution in [0.1, 0.15) is 0 Å². The maximum atomic E-state index is 5.20. The van der Waals surface area contributed by atoms with Gasteiger partial charge in [-0.15, -0.1) is 0 Å². The molecular formula is C59H35N5. The summed E-state index contributed by atoms with van der Waals surface area (Å²) < 4.78 is 5.05. The van der Waals surface area contributed by atoms with Crippen molar-refractivity contribution in [3.05, 3.63) is 212 Å². The number of benzene rings is 10. The van der Waals surface area contributed by atoms with Crippen LogP contribution >= 0.6 is 0 Å². The molecule has 296 valence electrons. The summed E-state index contributed by atoms with van der Waals surface area (Å²) >= 11 is 0. The minimum atomic E-state index is 0.634. The van der Waals surface area contributed by atoms with Crippen molar-refractivity contribution in [3.63, 3.8) is 0 Å². The molecule has 5 heteroatoms. The summed E-state index contributed by atoms with van der Waals surface area (Å²) in [5, 5.41) is 9.69. The number of rotatable bonds is 5. The van der Waals surface area contributed by atoms with Crippen LogP contribution in [-0.2, 0) is 0 Å². The predicted molar refractivity (Wildman–Crippen MR) is 264 cm³/mol. The fourth-order valence-corrected chi connectivity index (χ4v) is 10.7. The van der Waals surface area contributed by atoms with E-state index < -0.39 is 0 Å². The van der Waals surface area contributed by atoms with E-state index >= 15 is 0 Å². The molecule has 3 aromatic heterocycles. The van der Waals surface area contributed by atoms with Gasteiger partial charge in [-0.05, 0) is 64.0 Å². The van der Waals surface area contributed by atoms with Crippen LogP contribution in [0.15, 0.2) is 212 Å². The van der Waals surface area contributed by atoms with Crippen LogP contribution in [-0.4, -0.2) is 24.1 Å². The largest absolute Gasteiger partial charge is 0.309 e. The second kappa shape index (κ2) is 13.4. The van der Waals surface area contributed by atoms with Gasteiger partial charge in [0.1, 0.15) is 0 Å². The summed E-state index contributed by atoms with van der Waals surface area (Å²) in [7, 11) is 0. The van der Waals surface area contributed by atoms with Crippen LogP contribution in [0.5, 0.6) is 0 Å². The maximum Gasteiger partial charge on any atom is 0.164 e. The standard InChI is InChI=1S/C59H35N5/c1-4-18-36(19-5-1)57-60-58(37-20-6-2-7-21-37)62-59(61-57)45-34-35-49(42-27-13-12-26-41(42)45)64-50-33-17-30-44-40-25-11-10-24-39(40)43-29-16-31-47-51(43)54(52(44)50)56(64)53-46-28-14-15-32-48(46)63(55(47)53)38-22-8-3-9-23-38/h1-35H. The summed E-state index contributed by atoms with van der Waals surface area (Å²) in [5.41, 5.74) is 14.8. The van der Waals surface area contributed by atoms with E-state index in [1.807, 2.05) is 36.4 Å². The van der Waals surface area contributed by atoms with Gasteiger partial charge >= 0.3 is 0 Å². The van der Waals surface area contributed by atoms with Gasteiger partial charge in [0.2, 0.25) is 0 Å². The Balaban J connectivity index is 1.15. The molecule has 14 rings (SSSR count). The third-order valence-electron chi connectivity index (χ3n) is 13.3. The molecule has 0 N–H and O–H groups in total. The first-order valence-electron chi connectivity index (χ1n) is 21.8. The molecule has 1 aliphatic rings. The van der Waals surface area contributed by atoms with Gasteiger partial charge in [-0.25, -0.2) is 15.0 Å². The van der Waals surface area contributed by atoms with Gasteiger partial charge in [-0.3, -0.25) is 0 Å². The van der Waals surface area contributed by atoms with Crippen molar-refractivity contribution in [2.75, 3.05) is 0 Å². The molecule has 0 unspecified atom stereocenters. The molecule has 0 bridgehead atoms. The maximum absolute atomic E-state index is 5.20. The highest BCUT2D eigenvalue weighted by atomic mass is 15.0. The second-order valence-corrected chi connectivity index (χ2v) is 16.7. The second-order valence-electron chi connectivity index (χ2n) is 16.7. The van der Waals surface area contributed by atoms with Gasteiger partial charge in [0.15, 0.2) is 17.5 Å². The minimum absolute atomic E-state index is 0.634. The highest BCUT2D eigenvalue weighted by Gasteiger charge is 2.30. The van der Waals surface area contributed by atoms with Gasteiger partial charge in [0, 0.05) is 60.1 Å². The van der Waals surface area contributed by atoms with E-state index in [9.17, 15) is 0 Å². The number of para-hydroxylation sites is 2. The van der Waals surface area contributed by atoms with Crippen LogP contribution < -0.4 is 0 Å². The third kappa shape index (κ3) is 4.86. The van der Waals surface area contributed by atoms with E-state index in [4.69, 9.17) is 15.0 Å². The highest BCUT2D eigenvalue weighted by molar-refractivity contribution is 6.41. The highest BCUT2D eigenvalue weighted by Crippen LogP contribution is 2.54. The summed E-state index contributed by atoms with van der Waals surface area (Å²) in [6.07, 6.45) is 0. The van der Waals surface area contributed by atoms with Crippen LogP contribution in [0.25, 0.3) is 133 Å². The molecule has 0 atom stereocenters. The fourth-order valence-electron chi connectivity index (χ4n) is 10.7. The van der Waals surface area contributed by atoms with Crippen molar-refractivity contribution in [3.8, 4) is 67.8 Å². The van der Waals surface area contributed by atoms with Crippen molar-refractivity contribution in [2.45, 2.75) is 0 Å². The molecule has 5 nitrogen and oxygen atoms in total. The molecule has 10 aromatic carbocycles. The van der Waals surface area contributed by atoms with Crippen LogP contribution in [0.2, 0.25) is 0 Å². The van der Waals surface area contributed by atoms with E-state index in [1.54, 1.807) is 0 Å². The number of fused-ring (bicyclic) bond motifs is 9. The quantitative estimate of drug-likeness (QED) is 0.174. The van der Waals surface area contributed by atoms with E-state index in [-0.39, 0.29) is 0 Å². The molecule has 3 heterocycles. The topological polar surface area (TPSA) is 48.5 Å². The van der Waals surface area contributed by atoms with Gasteiger partial charge in [0.05, 0.1) is 27.8 Å². The Bertz CT molecular complexity index is 4000. The Morgan fingerprint density at radius 2 is 0.781 bits per heavy atom. The first kappa shape index (κ1) is 35.0. The zero-order valence-electron chi connectivity index (χ0n) is 34.4. The van der Waals surface area contributed by atoms with Gasteiger partial charge in [-0.1, -0.05) is 176 Å². The van der Waals surface area contributed by atoms with E-state index in [2.05, 4.69) is 185 Å². The van der Waals surface area contributed by atoms with Crippen LogP contribution in [0.3, 0.4) is 0 Å². The molecule has 0 fully saturated rings. The van der Waals surface area contributed by atoms with Crippen molar-refractivity contribution in [1.82, 2.24) is 24.1 Å². The average Bonchev–Trinajstić information content (AvgIpc) is 3.86. The van der Waals surface area contributed by atoms with E-state index in [1.165, 1.54) is 76.6 Å². The molecule has 0 spiro atoms. The Morgan fingerprint density at radius 1 is 0.266 bits per heavy atom. The molecular weight excluding hydrogens is 779 g/mol. The normalized spacial score (nSPS) is 12.1. The zero-order chi connectivity index (χ0) is 41.9. The van der Waals surface area contributed by atoms with Crippen molar-refractivity contribution >= 4 is 65.2 Å². The molecule has 0 amide bonds. The molecule has 0 saturated heterocycles. The van der Waals surface area contributed by atoms with Crippen molar-refractivity contribution in [1.29, 1.82) is 0 Å². The number of hydrogen-bond acceptors (Lipinski definition) is 3. The molecule has 1 aliphatic carbocycles. The minimum Gasteiger partial charge on any atom is -0.309 e. The summed E-state index contributed by atoms with van der Waals surface area (Å²) in [6.45, 7) is 0. The van der Waals surface area contributed by atoms with Crippen LogP contribution in [0, 0.1) is 0 Å². The first-order valence-corrected chi connectivity index (χ1v) is 21.8. The van der Waals surface area contributed by atoms with E-state index in [0.717, 1.165) is 38.8 Å². The monoisotopic (exact) mass is 813 g/mol. The summed E-state index contributed by atoms with van der Waals surface area (Å²) in [5.74, 6) is 1.92. The molecule has 13 aromatic rings. The molecule has 0 saturated carbocycles. The lowest BCUT2D eigenvalue weighted by molar-refractivity contribution is 1.08. The van der Waals surface area contributed by atoms with Crippen molar-refractivity contribution in [2.24, 2.45) is 0 Å². The predicted octanol–water partition coefficient (Wildman–Crippen LogP) is 15.0. The summed E-state index contributed by atoms with van der Waals surface area (Å²) in [6, 6.07) is 76.1. The van der Waals surface area contributed by atoms with Gasteiger partial charge < -0.3 is 9.13 Å². The first-order chi connectivity index (χ1) is 31.8. The summed E-state index contributed by atoms with van der Waals surface area (Å²) in [4.78, 5) is 15.4. The smallest absolute Gasteiger partial charge is 0.164 e. The lowest BCUT2D eigenvalue weighted by Crippen LogP contribution is -2.02. The van der Waals surface area contributed by atoms with Crippen LogP contribution in [0.4, 0.5) is 0 Å². The SMILES string of the molecule is c1ccc(-c2nc(-c3ccccc3)nc(-c3ccc(-n4c5cccc6c5c5c7c(cccc7c7c(c8ccccc8n7-c7ccccc7)c54)-c4ccccc4-6)c4ccccc34)n2)cc1. The Kier molecular flexibility index (Phi) is 7.33. The van der Waals surface area contributed by atoms with Crippen molar-refractivity contribution < 1.29 is 0 Å². The average molecular weight is 814 g/mol. The number of aromatic nitrogens is 5. The Morgan fingerprint density at radius 3 is 1.48 bits per heavy atom. The molecule has 0 radical (unpaired) electrons. The van der Waals surface area contributed by atoms with Gasteiger partial charge in [-0.2, -0.15) is 0 Å². The lowest BCUT2D eigenvalue weighted by Gasteiger charge is -2.18. The third-order valence-corrected chi connectivity index (χ3v) is 13.3. The Hall–Kier alpha value is -8.67. The molecule has 64 heavy (non-hydrogen) atoms. The number of hydrogen-bond donors (Lipinski definition) is 0. The van der Waals surface area contributed by atoms with E-state index in [0.29, 0.717) is 17.5 Å². The molecule has 0 aliphatic heterocycles.